The molecule has 1 aromatic heterocycles. The van der Waals surface area contributed by atoms with Crippen molar-refractivity contribution in [3.63, 3.8) is 0 Å². The summed E-state index contributed by atoms with van der Waals surface area (Å²) in [5.74, 6) is 0.597. The van der Waals surface area contributed by atoms with Gasteiger partial charge in [0.25, 0.3) is 0 Å². The van der Waals surface area contributed by atoms with Crippen molar-refractivity contribution in [1.82, 2.24) is 10.3 Å². The first-order valence-corrected chi connectivity index (χ1v) is 5.00. The summed E-state index contributed by atoms with van der Waals surface area (Å²) in [4.78, 5) is 4.08. The van der Waals surface area contributed by atoms with Crippen LogP contribution in [0.4, 0.5) is 5.69 Å². The number of aromatic nitrogens is 1. The Hall–Kier alpha value is -1.09. The topological polar surface area (TPSA) is 50.9 Å². The molecule has 3 nitrogen and oxygen atoms in total. The summed E-state index contributed by atoms with van der Waals surface area (Å²) < 4.78 is 0. The van der Waals surface area contributed by atoms with Gasteiger partial charge in [-0.15, -0.1) is 0 Å². The zero-order valence-corrected chi connectivity index (χ0v) is 9.12. The number of hydrogen-bond acceptors (Lipinski definition) is 3. The van der Waals surface area contributed by atoms with E-state index in [1.165, 1.54) is 0 Å². The number of nitrogens with zero attached hydrogens (tertiary/aromatic N) is 1. The summed E-state index contributed by atoms with van der Waals surface area (Å²) in [6.45, 7) is 4.40. The molecule has 3 N–H and O–H groups in total. The standard InChI is InChI=1S/C11H19N3/c1-8(2)11(13-3)6-9-7-14-5-4-10(9)12/h4-5,7-8,11,13H,6H2,1-3H3,(H2,12,14). The van der Waals surface area contributed by atoms with Crippen molar-refractivity contribution < 1.29 is 0 Å². The van der Waals surface area contributed by atoms with Gasteiger partial charge in [0.1, 0.15) is 0 Å². The van der Waals surface area contributed by atoms with Gasteiger partial charge < -0.3 is 11.1 Å². The van der Waals surface area contributed by atoms with Crippen LogP contribution in [-0.4, -0.2) is 18.1 Å². The molecule has 1 atom stereocenters. The van der Waals surface area contributed by atoms with Crippen LogP contribution in [0.1, 0.15) is 19.4 Å². The molecule has 1 rings (SSSR count). The van der Waals surface area contributed by atoms with Gasteiger partial charge in [0.2, 0.25) is 0 Å². The maximum Gasteiger partial charge on any atom is 0.0378 e. The van der Waals surface area contributed by atoms with Gasteiger partial charge >= 0.3 is 0 Å². The molecule has 0 fully saturated rings. The van der Waals surface area contributed by atoms with Gasteiger partial charge in [-0.25, -0.2) is 0 Å². The highest BCUT2D eigenvalue weighted by molar-refractivity contribution is 5.44. The summed E-state index contributed by atoms with van der Waals surface area (Å²) in [5.41, 5.74) is 7.82. The largest absolute Gasteiger partial charge is 0.398 e. The summed E-state index contributed by atoms with van der Waals surface area (Å²) >= 11 is 0. The van der Waals surface area contributed by atoms with Gasteiger partial charge in [-0.3, -0.25) is 4.98 Å². The molecule has 0 aliphatic carbocycles. The molecule has 1 unspecified atom stereocenters. The predicted molar refractivity (Wildman–Crippen MR) is 60.0 cm³/mol. The van der Waals surface area contributed by atoms with Gasteiger partial charge in [0.05, 0.1) is 0 Å². The lowest BCUT2D eigenvalue weighted by Gasteiger charge is -2.20. The van der Waals surface area contributed by atoms with Crippen LogP contribution in [0.2, 0.25) is 0 Å². The Kier molecular flexibility index (Phi) is 3.89. The Labute approximate surface area is 85.7 Å². The van der Waals surface area contributed by atoms with Crippen molar-refractivity contribution >= 4 is 5.69 Å². The molecule has 0 amide bonds. The molecule has 1 aromatic rings. The second-order valence-electron chi connectivity index (χ2n) is 3.92. The molecule has 1 heterocycles. The number of nitrogen functional groups attached to an aromatic ring is 1. The first kappa shape index (κ1) is 11.0. The second-order valence-corrected chi connectivity index (χ2v) is 3.92. The van der Waals surface area contributed by atoms with Gasteiger partial charge in [0.15, 0.2) is 0 Å². The lowest BCUT2D eigenvalue weighted by Crippen LogP contribution is -2.33. The quantitative estimate of drug-likeness (QED) is 0.761. The van der Waals surface area contributed by atoms with Crippen molar-refractivity contribution in [2.45, 2.75) is 26.3 Å². The van der Waals surface area contributed by atoms with Crippen LogP contribution in [-0.2, 0) is 6.42 Å². The Bertz CT molecular complexity index is 284. The van der Waals surface area contributed by atoms with E-state index in [0.717, 1.165) is 17.7 Å². The molecule has 0 radical (unpaired) electrons. The highest BCUT2D eigenvalue weighted by atomic mass is 14.9. The number of hydrogen-bond donors (Lipinski definition) is 2. The minimum Gasteiger partial charge on any atom is -0.398 e. The zero-order chi connectivity index (χ0) is 10.6. The maximum atomic E-state index is 5.86. The van der Waals surface area contributed by atoms with Crippen molar-refractivity contribution in [3.8, 4) is 0 Å². The third-order valence-electron chi connectivity index (χ3n) is 2.56. The van der Waals surface area contributed by atoms with E-state index in [0.29, 0.717) is 12.0 Å². The van der Waals surface area contributed by atoms with Gasteiger partial charge in [-0.1, -0.05) is 13.8 Å². The molecule has 0 spiro atoms. The molecular formula is C11H19N3. The fourth-order valence-corrected chi connectivity index (χ4v) is 1.52. The van der Waals surface area contributed by atoms with Crippen LogP contribution in [0, 0.1) is 5.92 Å². The number of nitrogens with two attached hydrogens (primary N) is 1. The number of pyridine rings is 1. The summed E-state index contributed by atoms with van der Waals surface area (Å²) in [6.07, 6.45) is 4.51. The third kappa shape index (κ3) is 2.70. The third-order valence-corrected chi connectivity index (χ3v) is 2.56. The van der Waals surface area contributed by atoms with Gasteiger partial charge in [-0.2, -0.15) is 0 Å². The van der Waals surface area contributed by atoms with Crippen LogP contribution in [0.25, 0.3) is 0 Å². The molecule has 0 aliphatic rings. The average molecular weight is 193 g/mol. The fourth-order valence-electron chi connectivity index (χ4n) is 1.52. The Morgan fingerprint density at radius 1 is 1.50 bits per heavy atom. The van der Waals surface area contributed by atoms with E-state index < -0.39 is 0 Å². The summed E-state index contributed by atoms with van der Waals surface area (Å²) in [5, 5.41) is 3.29. The Balaban J connectivity index is 2.72. The van der Waals surface area contributed by atoms with E-state index in [1.807, 2.05) is 19.3 Å². The van der Waals surface area contributed by atoms with Gasteiger partial charge in [-0.05, 0) is 31.0 Å². The molecule has 0 aliphatic heterocycles. The monoisotopic (exact) mass is 193 g/mol. The first-order chi connectivity index (χ1) is 6.65. The van der Waals surface area contributed by atoms with Gasteiger partial charge in [0, 0.05) is 24.1 Å². The molecule has 0 saturated heterocycles. The number of anilines is 1. The summed E-state index contributed by atoms with van der Waals surface area (Å²) in [7, 11) is 1.98. The maximum absolute atomic E-state index is 5.86. The molecule has 78 valence electrons. The van der Waals surface area contributed by atoms with Crippen molar-refractivity contribution in [2.24, 2.45) is 5.92 Å². The van der Waals surface area contributed by atoms with E-state index in [2.05, 4.69) is 24.1 Å². The smallest absolute Gasteiger partial charge is 0.0378 e. The van der Waals surface area contributed by atoms with Crippen LogP contribution < -0.4 is 11.1 Å². The van der Waals surface area contributed by atoms with Crippen LogP contribution in [0.3, 0.4) is 0 Å². The van der Waals surface area contributed by atoms with E-state index >= 15 is 0 Å². The SMILES string of the molecule is CNC(Cc1cnccc1N)C(C)C. The molecule has 3 heteroatoms. The second kappa shape index (κ2) is 4.96. The van der Waals surface area contributed by atoms with E-state index in [-0.39, 0.29) is 0 Å². The molecule has 14 heavy (non-hydrogen) atoms. The molecule has 0 saturated carbocycles. The van der Waals surface area contributed by atoms with E-state index in [4.69, 9.17) is 5.73 Å². The highest BCUT2D eigenvalue weighted by Gasteiger charge is 2.12. The Morgan fingerprint density at radius 2 is 2.21 bits per heavy atom. The zero-order valence-electron chi connectivity index (χ0n) is 9.12. The fraction of sp³-hybridized carbons (Fsp3) is 0.545. The predicted octanol–water partition coefficient (Wildman–Crippen LogP) is 1.45. The van der Waals surface area contributed by atoms with E-state index in [9.17, 15) is 0 Å². The lowest BCUT2D eigenvalue weighted by molar-refractivity contribution is 0.425. The molecule has 0 bridgehead atoms. The Morgan fingerprint density at radius 3 is 2.71 bits per heavy atom. The van der Waals surface area contributed by atoms with Crippen molar-refractivity contribution in [1.29, 1.82) is 0 Å². The minimum absolute atomic E-state index is 0.460. The van der Waals surface area contributed by atoms with Crippen LogP contribution >= 0.6 is 0 Å². The van der Waals surface area contributed by atoms with Crippen molar-refractivity contribution in [2.75, 3.05) is 12.8 Å². The molecule has 0 aromatic carbocycles. The number of rotatable bonds is 4. The normalized spacial score (nSPS) is 13.1. The minimum atomic E-state index is 0.460. The number of nitrogens with one attached hydrogen (secondary N) is 1. The van der Waals surface area contributed by atoms with E-state index in [1.54, 1.807) is 6.20 Å². The van der Waals surface area contributed by atoms with Crippen molar-refractivity contribution in [3.05, 3.63) is 24.0 Å². The average Bonchev–Trinajstić information content (AvgIpc) is 2.16. The lowest BCUT2D eigenvalue weighted by atomic mass is 9.97. The van der Waals surface area contributed by atoms with Crippen LogP contribution in [0.15, 0.2) is 18.5 Å². The number of likely N-dealkylation sites (N-methyl/N-ethyl adjacent to an activating group) is 1. The first-order valence-electron chi connectivity index (χ1n) is 5.00. The summed E-state index contributed by atoms with van der Waals surface area (Å²) in [6, 6.07) is 2.31. The van der Waals surface area contributed by atoms with Crippen LogP contribution in [0.5, 0.6) is 0 Å². The highest BCUT2D eigenvalue weighted by Crippen LogP contribution is 2.14. The molecular weight excluding hydrogens is 174 g/mol.